The van der Waals surface area contributed by atoms with Crippen LogP contribution in [0.25, 0.3) is 0 Å². The molecule has 1 fully saturated rings. The van der Waals surface area contributed by atoms with Crippen molar-refractivity contribution in [2.24, 2.45) is 5.92 Å². The number of nitrogens with zero attached hydrogens (tertiary/aromatic N) is 1. The number of ether oxygens (including phenoxy) is 1. The maximum absolute atomic E-state index is 12.2. The van der Waals surface area contributed by atoms with E-state index in [9.17, 15) is 4.79 Å². The van der Waals surface area contributed by atoms with Crippen molar-refractivity contribution in [3.63, 3.8) is 0 Å². The Kier molecular flexibility index (Phi) is 6.88. The number of aryl methyl sites for hydroxylation is 1. The average Bonchev–Trinajstić information content (AvgIpc) is 2.67. The Balaban J connectivity index is 1.49. The number of carbonyl (C=O) groups is 1. The predicted molar refractivity (Wildman–Crippen MR) is 109 cm³/mol. The van der Waals surface area contributed by atoms with E-state index < -0.39 is 0 Å². The van der Waals surface area contributed by atoms with Crippen LogP contribution in [0.1, 0.15) is 36.5 Å². The molecule has 0 bridgehead atoms. The third-order valence-electron chi connectivity index (χ3n) is 5.22. The van der Waals surface area contributed by atoms with Crippen molar-refractivity contribution in [3.05, 3.63) is 65.2 Å². The fourth-order valence-corrected chi connectivity index (χ4v) is 3.44. The molecule has 1 aliphatic rings. The molecule has 0 saturated carbocycles. The molecule has 1 heterocycles. The van der Waals surface area contributed by atoms with Gasteiger partial charge in [-0.15, -0.1) is 0 Å². The summed E-state index contributed by atoms with van der Waals surface area (Å²) < 4.78 is 5.58. The Morgan fingerprint density at radius 1 is 1.11 bits per heavy atom. The van der Waals surface area contributed by atoms with Gasteiger partial charge in [-0.2, -0.15) is 0 Å². The summed E-state index contributed by atoms with van der Waals surface area (Å²) in [6, 6.07) is 16.1. The first-order chi connectivity index (χ1) is 13.1. The first-order valence-electron chi connectivity index (χ1n) is 9.85. The summed E-state index contributed by atoms with van der Waals surface area (Å²) in [5, 5.41) is 2.99. The van der Waals surface area contributed by atoms with E-state index in [1.165, 1.54) is 24.0 Å². The van der Waals surface area contributed by atoms with Gasteiger partial charge in [0.15, 0.2) is 6.61 Å². The monoisotopic (exact) mass is 366 g/mol. The largest absolute Gasteiger partial charge is 0.484 e. The Morgan fingerprint density at radius 2 is 1.85 bits per heavy atom. The van der Waals surface area contributed by atoms with Crippen LogP contribution in [-0.2, 0) is 17.9 Å². The number of rotatable bonds is 7. The van der Waals surface area contributed by atoms with Gasteiger partial charge in [-0.05, 0) is 67.6 Å². The number of carbonyl (C=O) groups excluding carboxylic acids is 1. The number of hydrogen-bond acceptors (Lipinski definition) is 3. The molecule has 1 amide bonds. The quantitative estimate of drug-likeness (QED) is 0.807. The van der Waals surface area contributed by atoms with Gasteiger partial charge in [-0.1, -0.05) is 43.3 Å². The number of benzene rings is 2. The number of likely N-dealkylation sites (tertiary alicyclic amines) is 1. The van der Waals surface area contributed by atoms with Gasteiger partial charge in [0.2, 0.25) is 0 Å². The zero-order valence-corrected chi connectivity index (χ0v) is 16.4. The van der Waals surface area contributed by atoms with Crippen molar-refractivity contribution in [2.75, 3.05) is 19.7 Å². The molecule has 0 spiro atoms. The molecule has 0 unspecified atom stereocenters. The molecule has 144 valence electrons. The standard InChI is InChI=1S/C23H30N2O2/c1-18-10-12-25(13-11-18)16-21-8-4-3-7-20(21)15-24-23(26)17-27-22-9-5-6-19(2)14-22/h3-9,14,18H,10-13,15-17H2,1-2H3,(H,24,26). The van der Waals surface area contributed by atoms with Crippen LogP contribution in [0.4, 0.5) is 0 Å². The van der Waals surface area contributed by atoms with E-state index >= 15 is 0 Å². The van der Waals surface area contributed by atoms with Crippen LogP contribution in [0.2, 0.25) is 0 Å². The van der Waals surface area contributed by atoms with Crippen LogP contribution < -0.4 is 10.1 Å². The van der Waals surface area contributed by atoms with Gasteiger partial charge in [-0.3, -0.25) is 9.69 Å². The normalized spacial score (nSPS) is 15.5. The van der Waals surface area contributed by atoms with Crippen molar-refractivity contribution in [3.8, 4) is 5.75 Å². The van der Waals surface area contributed by atoms with Crippen molar-refractivity contribution < 1.29 is 9.53 Å². The lowest BCUT2D eigenvalue weighted by atomic mass is 9.98. The van der Waals surface area contributed by atoms with Crippen molar-refractivity contribution in [1.29, 1.82) is 0 Å². The van der Waals surface area contributed by atoms with E-state index in [4.69, 9.17) is 4.74 Å². The van der Waals surface area contributed by atoms with Crippen molar-refractivity contribution >= 4 is 5.91 Å². The molecule has 0 aromatic heterocycles. The zero-order valence-electron chi connectivity index (χ0n) is 16.4. The molecule has 27 heavy (non-hydrogen) atoms. The minimum absolute atomic E-state index is 0.0373. The number of nitrogens with one attached hydrogen (secondary N) is 1. The molecule has 0 aliphatic carbocycles. The third kappa shape index (κ3) is 6.10. The number of amides is 1. The molecule has 1 saturated heterocycles. The molecule has 2 aromatic rings. The molecule has 0 atom stereocenters. The molecule has 1 aliphatic heterocycles. The number of piperidine rings is 1. The fourth-order valence-electron chi connectivity index (χ4n) is 3.44. The first-order valence-corrected chi connectivity index (χ1v) is 9.85. The van der Waals surface area contributed by atoms with Crippen LogP contribution in [0.5, 0.6) is 5.75 Å². The Labute approximate surface area is 162 Å². The second kappa shape index (κ2) is 9.56. The highest BCUT2D eigenvalue weighted by Gasteiger charge is 2.16. The smallest absolute Gasteiger partial charge is 0.258 e. The molecule has 2 aromatic carbocycles. The van der Waals surface area contributed by atoms with Crippen LogP contribution >= 0.6 is 0 Å². The van der Waals surface area contributed by atoms with Gasteiger partial charge in [0.05, 0.1) is 0 Å². The van der Waals surface area contributed by atoms with E-state index in [2.05, 4.69) is 35.3 Å². The highest BCUT2D eigenvalue weighted by Crippen LogP contribution is 2.19. The van der Waals surface area contributed by atoms with Crippen LogP contribution in [-0.4, -0.2) is 30.5 Å². The molecular weight excluding hydrogens is 336 g/mol. The Bertz CT molecular complexity index is 752. The number of hydrogen-bond donors (Lipinski definition) is 1. The van der Waals surface area contributed by atoms with Gasteiger partial charge in [0.1, 0.15) is 5.75 Å². The summed E-state index contributed by atoms with van der Waals surface area (Å²) >= 11 is 0. The first kappa shape index (κ1) is 19.4. The van der Waals surface area contributed by atoms with Crippen LogP contribution in [0.15, 0.2) is 48.5 Å². The minimum atomic E-state index is -0.0990. The highest BCUT2D eigenvalue weighted by molar-refractivity contribution is 5.77. The lowest BCUT2D eigenvalue weighted by molar-refractivity contribution is -0.123. The third-order valence-corrected chi connectivity index (χ3v) is 5.22. The van der Waals surface area contributed by atoms with Crippen LogP contribution in [0, 0.1) is 12.8 Å². The van der Waals surface area contributed by atoms with Gasteiger partial charge < -0.3 is 10.1 Å². The van der Waals surface area contributed by atoms with E-state index in [0.29, 0.717) is 6.54 Å². The summed E-state index contributed by atoms with van der Waals surface area (Å²) in [5.41, 5.74) is 3.60. The Morgan fingerprint density at radius 3 is 2.59 bits per heavy atom. The topological polar surface area (TPSA) is 41.6 Å². The van der Waals surface area contributed by atoms with Gasteiger partial charge >= 0.3 is 0 Å². The SMILES string of the molecule is Cc1cccc(OCC(=O)NCc2ccccc2CN2CCC(C)CC2)c1. The lowest BCUT2D eigenvalue weighted by Gasteiger charge is -2.30. The molecule has 4 heteroatoms. The molecule has 1 N–H and O–H groups in total. The Hall–Kier alpha value is -2.33. The minimum Gasteiger partial charge on any atom is -0.484 e. The highest BCUT2D eigenvalue weighted by atomic mass is 16.5. The fraction of sp³-hybridized carbons (Fsp3) is 0.435. The lowest BCUT2D eigenvalue weighted by Crippen LogP contribution is -2.33. The summed E-state index contributed by atoms with van der Waals surface area (Å²) in [4.78, 5) is 14.7. The van der Waals surface area contributed by atoms with Crippen molar-refractivity contribution in [2.45, 2.75) is 39.8 Å². The molecule has 4 nitrogen and oxygen atoms in total. The second-order valence-electron chi connectivity index (χ2n) is 7.61. The maximum atomic E-state index is 12.2. The van der Waals surface area contributed by atoms with Crippen molar-refractivity contribution in [1.82, 2.24) is 10.2 Å². The van der Waals surface area contributed by atoms with E-state index in [0.717, 1.165) is 36.9 Å². The second-order valence-corrected chi connectivity index (χ2v) is 7.61. The van der Waals surface area contributed by atoms with E-state index in [-0.39, 0.29) is 12.5 Å². The zero-order chi connectivity index (χ0) is 19.1. The maximum Gasteiger partial charge on any atom is 0.258 e. The molecule has 3 rings (SSSR count). The van der Waals surface area contributed by atoms with Gasteiger partial charge in [-0.25, -0.2) is 0 Å². The van der Waals surface area contributed by atoms with Gasteiger partial charge in [0.25, 0.3) is 5.91 Å². The summed E-state index contributed by atoms with van der Waals surface area (Å²) in [7, 11) is 0. The summed E-state index contributed by atoms with van der Waals surface area (Å²) in [6.45, 7) is 8.19. The summed E-state index contributed by atoms with van der Waals surface area (Å²) in [6.07, 6.45) is 2.55. The van der Waals surface area contributed by atoms with E-state index in [1.807, 2.05) is 37.3 Å². The molecular formula is C23H30N2O2. The predicted octanol–water partition coefficient (Wildman–Crippen LogP) is 3.92. The van der Waals surface area contributed by atoms with Gasteiger partial charge in [0, 0.05) is 13.1 Å². The van der Waals surface area contributed by atoms with Crippen LogP contribution in [0.3, 0.4) is 0 Å². The molecule has 0 radical (unpaired) electrons. The van der Waals surface area contributed by atoms with E-state index in [1.54, 1.807) is 0 Å². The average molecular weight is 367 g/mol. The summed E-state index contributed by atoms with van der Waals surface area (Å²) in [5.74, 6) is 1.46.